The minimum atomic E-state index is -3.62. The minimum Gasteiger partial charge on any atom is -0.481 e. The maximum absolute atomic E-state index is 12.7. The third kappa shape index (κ3) is 1.50. The van der Waals surface area contributed by atoms with Crippen molar-refractivity contribution in [3.05, 3.63) is 29.8 Å². The summed E-state index contributed by atoms with van der Waals surface area (Å²) in [6.07, 6.45) is 0. The Bertz CT molecular complexity index is 637. The van der Waals surface area contributed by atoms with E-state index in [9.17, 15) is 18.3 Å². The van der Waals surface area contributed by atoms with Crippen molar-refractivity contribution in [1.29, 1.82) is 0 Å². The molecule has 2 fully saturated rings. The molecular formula is C13H15NO4S. The number of hydrogen-bond donors (Lipinski definition) is 2. The van der Waals surface area contributed by atoms with Gasteiger partial charge in [-0.15, -0.1) is 0 Å². The van der Waals surface area contributed by atoms with Gasteiger partial charge < -0.3 is 10.4 Å². The molecule has 1 aromatic carbocycles. The number of aryl methyl sites for hydroxylation is 1. The van der Waals surface area contributed by atoms with Gasteiger partial charge in [0.25, 0.3) is 0 Å². The second kappa shape index (κ2) is 3.80. The van der Waals surface area contributed by atoms with Gasteiger partial charge in [0.2, 0.25) is 0 Å². The number of benzene rings is 1. The first-order valence-electron chi connectivity index (χ1n) is 6.16. The third-order valence-electron chi connectivity index (χ3n) is 4.31. The number of carboxylic acid groups (broad SMARTS) is 1. The molecule has 2 aliphatic rings. The Labute approximate surface area is 111 Å². The molecule has 1 aromatic rings. The topological polar surface area (TPSA) is 83.5 Å². The van der Waals surface area contributed by atoms with Crippen molar-refractivity contribution in [3.63, 3.8) is 0 Å². The van der Waals surface area contributed by atoms with Crippen LogP contribution in [0.3, 0.4) is 0 Å². The molecule has 0 amide bonds. The molecule has 1 heterocycles. The van der Waals surface area contributed by atoms with Crippen LogP contribution in [0.25, 0.3) is 0 Å². The number of sulfone groups is 1. The quantitative estimate of drug-likeness (QED) is 0.840. The van der Waals surface area contributed by atoms with Crippen LogP contribution in [0.15, 0.2) is 29.2 Å². The first-order valence-corrected chi connectivity index (χ1v) is 7.64. The summed E-state index contributed by atoms with van der Waals surface area (Å²) in [7, 11) is -3.62. The van der Waals surface area contributed by atoms with E-state index < -0.39 is 26.5 Å². The van der Waals surface area contributed by atoms with Gasteiger partial charge in [0, 0.05) is 19.0 Å². The third-order valence-corrected chi connectivity index (χ3v) is 6.90. The first-order chi connectivity index (χ1) is 8.91. The summed E-state index contributed by atoms with van der Waals surface area (Å²) < 4.78 is 24.3. The van der Waals surface area contributed by atoms with Crippen LogP contribution in [0.2, 0.25) is 0 Å². The Morgan fingerprint density at radius 2 is 2.00 bits per heavy atom. The smallest absolute Gasteiger partial charge is 0.308 e. The monoisotopic (exact) mass is 281 g/mol. The summed E-state index contributed by atoms with van der Waals surface area (Å²) in [5.41, 5.74) is 0.975. The molecule has 3 unspecified atom stereocenters. The molecule has 0 radical (unpaired) electrons. The Kier molecular flexibility index (Phi) is 2.53. The van der Waals surface area contributed by atoms with Crippen molar-refractivity contribution in [1.82, 2.24) is 5.32 Å². The maximum Gasteiger partial charge on any atom is 0.308 e. The van der Waals surface area contributed by atoms with Crippen LogP contribution in [-0.2, 0) is 14.6 Å². The molecule has 0 spiro atoms. The molecule has 19 heavy (non-hydrogen) atoms. The van der Waals surface area contributed by atoms with Gasteiger partial charge in [0.05, 0.1) is 10.8 Å². The van der Waals surface area contributed by atoms with E-state index in [0.717, 1.165) is 5.56 Å². The van der Waals surface area contributed by atoms with Crippen molar-refractivity contribution >= 4 is 15.8 Å². The van der Waals surface area contributed by atoms with Crippen LogP contribution in [-0.4, -0.2) is 37.3 Å². The molecular weight excluding hydrogens is 266 g/mol. The van der Waals surface area contributed by atoms with Crippen LogP contribution >= 0.6 is 0 Å². The van der Waals surface area contributed by atoms with E-state index in [4.69, 9.17) is 0 Å². The lowest BCUT2D eigenvalue weighted by molar-refractivity contribution is -0.139. The molecule has 2 N–H and O–H groups in total. The number of aliphatic carboxylic acids is 1. The lowest BCUT2D eigenvalue weighted by Crippen LogP contribution is -2.35. The van der Waals surface area contributed by atoms with E-state index in [2.05, 4.69) is 5.32 Å². The summed E-state index contributed by atoms with van der Waals surface area (Å²) >= 11 is 0. The maximum atomic E-state index is 12.7. The number of hydrogen-bond acceptors (Lipinski definition) is 4. The molecule has 0 bridgehead atoms. The van der Waals surface area contributed by atoms with Gasteiger partial charge in [-0.2, -0.15) is 0 Å². The van der Waals surface area contributed by atoms with Crippen LogP contribution in [0.1, 0.15) is 5.56 Å². The highest BCUT2D eigenvalue weighted by Gasteiger charge is 2.77. The summed E-state index contributed by atoms with van der Waals surface area (Å²) in [6, 6.07) is 6.59. The average Bonchev–Trinajstić information content (AvgIpc) is 2.82. The second-order valence-electron chi connectivity index (χ2n) is 5.32. The fourth-order valence-electron chi connectivity index (χ4n) is 3.23. The Hall–Kier alpha value is -1.40. The fourth-order valence-corrected chi connectivity index (χ4v) is 5.60. The molecule has 3 rings (SSSR count). The number of piperidine rings is 1. The van der Waals surface area contributed by atoms with Crippen LogP contribution in [0, 0.1) is 18.8 Å². The molecule has 6 heteroatoms. The molecule has 1 aliphatic carbocycles. The lowest BCUT2D eigenvalue weighted by atomic mass is 10.2. The largest absolute Gasteiger partial charge is 0.481 e. The standard InChI is InChI=1S/C13H15NO4S/c1-8-2-4-9(5-3-8)19(17,18)13-7-14-6-10(13)11(13)12(15)16/h2-5,10-11,14H,6-7H2,1H3,(H,15,16). The Balaban J connectivity index is 2.06. The van der Waals surface area contributed by atoms with Gasteiger partial charge >= 0.3 is 5.97 Å². The molecule has 102 valence electrons. The number of carboxylic acids is 1. The van der Waals surface area contributed by atoms with Crippen LogP contribution in [0.4, 0.5) is 0 Å². The average molecular weight is 281 g/mol. The van der Waals surface area contributed by atoms with E-state index in [1.165, 1.54) is 0 Å². The summed E-state index contributed by atoms with van der Waals surface area (Å²) in [5, 5.41) is 12.2. The van der Waals surface area contributed by atoms with Crippen LogP contribution < -0.4 is 5.32 Å². The molecule has 0 aromatic heterocycles. The van der Waals surface area contributed by atoms with Crippen molar-refractivity contribution in [2.75, 3.05) is 13.1 Å². The van der Waals surface area contributed by atoms with Crippen LogP contribution in [0.5, 0.6) is 0 Å². The highest BCUT2D eigenvalue weighted by atomic mass is 32.2. The van der Waals surface area contributed by atoms with Gasteiger partial charge in [0.1, 0.15) is 4.75 Å². The SMILES string of the molecule is Cc1ccc(S(=O)(=O)C23CNCC2C3C(=O)O)cc1. The number of nitrogens with one attached hydrogen (secondary N) is 1. The zero-order chi connectivity index (χ0) is 13.8. The van der Waals surface area contributed by atoms with E-state index >= 15 is 0 Å². The van der Waals surface area contributed by atoms with Gasteiger partial charge in [-0.05, 0) is 19.1 Å². The van der Waals surface area contributed by atoms with Gasteiger partial charge in [-0.1, -0.05) is 17.7 Å². The highest BCUT2D eigenvalue weighted by molar-refractivity contribution is 7.93. The first kappa shape index (κ1) is 12.6. The number of rotatable bonds is 3. The Morgan fingerprint density at radius 1 is 1.37 bits per heavy atom. The predicted molar refractivity (Wildman–Crippen MR) is 68.6 cm³/mol. The van der Waals surface area contributed by atoms with Crippen molar-refractivity contribution in [3.8, 4) is 0 Å². The highest BCUT2D eigenvalue weighted by Crippen LogP contribution is 2.60. The normalized spacial score (nSPS) is 32.9. The minimum absolute atomic E-state index is 0.218. The zero-order valence-electron chi connectivity index (χ0n) is 10.5. The zero-order valence-corrected chi connectivity index (χ0v) is 11.3. The molecule has 1 saturated carbocycles. The van der Waals surface area contributed by atoms with E-state index in [1.54, 1.807) is 24.3 Å². The van der Waals surface area contributed by atoms with E-state index in [1.807, 2.05) is 6.92 Å². The Morgan fingerprint density at radius 3 is 2.53 bits per heavy atom. The summed E-state index contributed by atoms with van der Waals surface area (Å²) in [5.74, 6) is -2.10. The molecule has 1 aliphatic heterocycles. The second-order valence-corrected chi connectivity index (χ2v) is 7.56. The van der Waals surface area contributed by atoms with Crippen molar-refractivity contribution < 1.29 is 18.3 Å². The predicted octanol–water partition coefficient (Wildman–Crippen LogP) is 0.441. The fraction of sp³-hybridized carbons (Fsp3) is 0.462. The molecule has 5 nitrogen and oxygen atoms in total. The van der Waals surface area contributed by atoms with Crippen molar-refractivity contribution in [2.45, 2.75) is 16.6 Å². The lowest BCUT2D eigenvalue weighted by Gasteiger charge is -2.15. The van der Waals surface area contributed by atoms with Gasteiger partial charge in [0.15, 0.2) is 9.84 Å². The number of fused-ring (bicyclic) bond motifs is 1. The van der Waals surface area contributed by atoms with Gasteiger partial charge in [-0.3, -0.25) is 4.79 Å². The van der Waals surface area contributed by atoms with E-state index in [-0.39, 0.29) is 17.4 Å². The molecule has 3 atom stereocenters. The summed E-state index contributed by atoms with van der Waals surface area (Å²) in [6.45, 7) is 2.57. The number of carbonyl (C=O) groups is 1. The molecule has 1 saturated heterocycles. The summed E-state index contributed by atoms with van der Waals surface area (Å²) in [4.78, 5) is 11.4. The van der Waals surface area contributed by atoms with Crippen molar-refractivity contribution in [2.24, 2.45) is 11.8 Å². The van der Waals surface area contributed by atoms with Gasteiger partial charge in [-0.25, -0.2) is 8.42 Å². The van der Waals surface area contributed by atoms with E-state index in [0.29, 0.717) is 6.54 Å².